The van der Waals surface area contributed by atoms with Crippen LogP contribution in [0.1, 0.15) is 27.7 Å². The average molecular weight is 269 g/mol. The molecular formula is C12H19N3O4. The Morgan fingerprint density at radius 2 is 1.95 bits per heavy atom. The number of nitrogens with one attached hydrogen (secondary N) is 1. The molecule has 19 heavy (non-hydrogen) atoms. The highest BCUT2D eigenvalue weighted by Gasteiger charge is 2.31. The van der Waals surface area contributed by atoms with E-state index in [4.69, 9.17) is 9.84 Å². The van der Waals surface area contributed by atoms with Crippen LogP contribution in [0, 0.1) is 0 Å². The summed E-state index contributed by atoms with van der Waals surface area (Å²) in [6.07, 6.45) is 2.87. The molecule has 1 rings (SSSR count). The molecule has 0 aliphatic rings. The number of aliphatic carboxylic acids is 1. The van der Waals surface area contributed by atoms with Crippen LogP contribution in [0.2, 0.25) is 0 Å². The number of hydrogen-bond donors (Lipinski definition) is 2. The molecule has 0 aliphatic carbocycles. The topological polar surface area (TPSA) is 93.5 Å². The molecule has 0 aromatic carbocycles. The molecule has 7 nitrogen and oxygen atoms in total. The van der Waals surface area contributed by atoms with Gasteiger partial charge in [-0.3, -0.25) is 9.48 Å². The van der Waals surface area contributed by atoms with Gasteiger partial charge < -0.3 is 15.2 Å². The molecule has 1 amide bonds. The molecule has 7 heteroatoms. The number of aromatic nitrogens is 2. The number of carboxylic acids is 1. The minimum Gasteiger partial charge on any atom is -0.479 e. The normalized spacial score (nSPS) is 12.3. The smallest absolute Gasteiger partial charge is 0.331 e. The van der Waals surface area contributed by atoms with E-state index >= 15 is 0 Å². The molecule has 106 valence electrons. The van der Waals surface area contributed by atoms with Crippen molar-refractivity contribution in [3.8, 4) is 0 Å². The first-order valence-corrected chi connectivity index (χ1v) is 5.76. The van der Waals surface area contributed by atoms with E-state index in [9.17, 15) is 9.59 Å². The van der Waals surface area contributed by atoms with Crippen LogP contribution in [-0.2, 0) is 19.9 Å². The first kappa shape index (κ1) is 15.2. The van der Waals surface area contributed by atoms with Gasteiger partial charge in [0, 0.05) is 13.3 Å². The zero-order chi connectivity index (χ0) is 14.8. The number of hydrogen-bond acceptors (Lipinski definition) is 4. The maximum Gasteiger partial charge on any atom is 0.331 e. The standard InChI is InChI=1S/C12H19N3O4/c1-11(2,10(17)18)15-7-8(6-13-15)14-9(16)12(3,4)19-5/h6-7H,1-5H3,(H,14,16)(H,17,18). The molecule has 1 heterocycles. The number of amides is 1. The summed E-state index contributed by atoms with van der Waals surface area (Å²) in [5.74, 6) is -1.34. The monoisotopic (exact) mass is 269 g/mol. The second-order valence-electron chi connectivity index (χ2n) is 5.21. The van der Waals surface area contributed by atoms with E-state index in [1.807, 2.05) is 0 Å². The zero-order valence-corrected chi connectivity index (χ0v) is 11.7. The van der Waals surface area contributed by atoms with E-state index in [1.165, 1.54) is 38.0 Å². The van der Waals surface area contributed by atoms with Crippen LogP contribution in [0.5, 0.6) is 0 Å². The number of carboxylic acid groups (broad SMARTS) is 1. The van der Waals surface area contributed by atoms with Crippen molar-refractivity contribution >= 4 is 17.6 Å². The number of anilines is 1. The highest BCUT2D eigenvalue weighted by molar-refractivity contribution is 5.96. The fraction of sp³-hybridized carbons (Fsp3) is 0.583. The number of carbonyl (C=O) groups excluding carboxylic acids is 1. The van der Waals surface area contributed by atoms with E-state index in [1.54, 1.807) is 13.8 Å². The lowest BCUT2D eigenvalue weighted by Gasteiger charge is -2.21. The largest absolute Gasteiger partial charge is 0.479 e. The Morgan fingerprint density at radius 3 is 2.42 bits per heavy atom. The highest BCUT2D eigenvalue weighted by atomic mass is 16.5. The minimum absolute atomic E-state index is 0.331. The Bertz CT molecular complexity index is 491. The van der Waals surface area contributed by atoms with Crippen LogP contribution in [0.4, 0.5) is 5.69 Å². The predicted molar refractivity (Wildman–Crippen MR) is 68.9 cm³/mol. The molecule has 0 fully saturated rings. The first-order chi connectivity index (χ1) is 8.61. The summed E-state index contributed by atoms with van der Waals surface area (Å²) in [5.41, 5.74) is -1.73. The van der Waals surface area contributed by atoms with Crippen molar-refractivity contribution in [3.63, 3.8) is 0 Å². The third-order valence-corrected chi connectivity index (χ3v) is 2.99. The Morgan fingerprint density at radius 1 is 1.37 bits per heavy atom. The van der Waals surface area contributed by atoms with Gasteiger partial charge in [-0.25, -0.2) is 4.79 Å². The van der Waals surface area contributed by atoms with Crippen molar-refractivity contribution in [2.24, 2.45) is 0 Å². The number of rotatable bonds is 5. The molecule has 1 aromatic heterocycles. The molecule has 0 saturated carbocycles. The van der Waals surface area contributed by atoms with Crippen LogP contribution in [0.25, 0.3) is 0 Å². The van der Waals surface area contributed by atoms with Gasteiger partial charge in [0.05, 0.1) is 11.9 Å². The van der Waals surface area contributed by atoms with Crippen LogP contribution in [-0.4, -0.2) is 39.5 Å². The van der Waals surface area contributed by atoms with E-state index in [2.05, 4.69) is 10.4 Å². The second-order valence-corrected chi connectivity index (χ2v) is 5.21. The molecule has 0 spiro atoms. The lowest BCUT2D eigenvalue weighted by Crippen LogP contribution is -2.39. The van der Waals surface area contributed by atoms with E-state index in [0.29, 0.717) is 5.69 Å². The van der Waals surface area contributed by atoms with Crippen molar-refractivity contribution in [1.82, 2.24) is 9.78 Å². The molecule has 0 bridgehead atoms. The third-order valence-electron chi connectivity index (χ3n) is 2.99. The van der Waals surface area contributed by atoms with Gasteiger partial charge in [0.25, 0.3) is 5.91 Å². The fourth-order valence-electron chi connectivity index (χ4n) is 1.17. The van der Waals surface area contributed by atoms with Gasteiger partial charge in [-0.1, -0.05) is 0 Å². The Balaban J connectivity index is 2.88. The van der Waals surface area contributed by atoms with Gasteiger partial charge in [0.15, 0.2) is 5.54 Å². The molecule has 1 aromatic rings. The molecule has 0 radical (unpaired) electrons. The summed E-state index contributed by atoms with van der Waals surface area (Å²) in [6.45, 7) is 6.31. The molecule has 0 atom stereocenters. The number of nitrogens with zero attached hydrogens (tertiary/aromatic N) is 2. The number of carbonyl (C=O) groups is 2. The summed E-state index contributed by atoms with van der Waals surface area (Å²) in [6, 6.07) is 0. The zero-order valence-electron chi connectivity index (χ0n) is 11.7. The van der Waals surface area contributed by atoms with Crippen molar-refractivity contribution < 1.29 is 19.4 Å². The van der Waals surface area contributed by atoms with E-state index in [-0.39, 0.29) is 5.91 Å². The van der Waals surface area contributed by atoms with Crippen molar-refractivity contribution in [1.29, 1.82) is 0 Å². The second kappa shape index (κ2) is 5.00. The maximum absolute atomic E-state index is 11.9. The van der Waals surface area contributed by atoms with Crippen molar-refractivity contribution in [3.05, 3.63) is 12.4 Å². The fourth-order valence-corrected chi connectivity index (χ4v) is 1.17. The molecule has 0 saturated heterocycles. The third kappa shape index (κ3) is 3.11. The van der Waals surface area contributed by atoms with E-state index in [0.717, 1.165) is 0 Å². The van der Waals surface area contributed by atoms with Crippen molar-refractivity contribution in [2.45, 2.75) is 38.8 Å². The van der Waals surface area contributed by atoms with Gasteiger partial charge in [-0.05, 0) is 27.7 Å². The Labute approximate surface area is 111 Å². The summed E-state index contributed by atoms with van der Waals surface area (Å²) >= 11 is 0. The Kier molecular flexibility index (Phi) is 4.00. The lowest BCUT2D eigenvalue weighted by atomic mass is 10.1. The molecule has 0 unspecified atom stereocenters. The van der Waals surface area contributed by atoms with Crippen LogP contribution >= 0.6 is 0 Å². The van der Waals surface area contributed by atoms with Crippen molar-refractivity contribution in [2.75, 3.05) is 12.4 Å². The van der Waals surface area contributed by atoms with Crippen LogP contribution < -0.4 is 5.32 Å². The van der Waals surface area contributed by atoms with Gasteiger partial charge in [-0.2, -0.15) is 5.10 Å². The Hall–Kier alpha value is -1.89. The molecular weight excluding hydrogens is 250 g/mol. The highest BCUT2D eigenvalue weighted by Crippen LogP contribution is 2.18. The quantitative estimate of drug-likeness (QED) is 0.833. The summed E-state index contributed by atoms with van der Waals surface area (Å²) in [4.78, 5) is 23.0. The molecule has 0 aliphatic heterocycles. The molecule has 2 N–H and O–H groups in total. The maximum atomic E-state index is 11.9. The van der Waals surface area contributed by atoms with Crippen LogP contribution in [0.15, 0.2) is 12.4 Å². The lowest BCUT2D eigenvalue weighted by molar-refractivity contribution is -0.146. The average Bonchev–Trinajstić information content (AvgIpc) is 2.77. The van der Waals surface area contributed by atoms with Gasteiger partial charge in [0.2, 0.25) is 0 Å². The summed E-state index contributed by atoms with van der Waals surface area (Å²) in [7, 11) is 1.44. The van der Waals surface area contributed by atoms with E-state index < -0.39 is 17.1 Å². The number of ether oxygens (including phenoxy) is 1. The minimum atomic E-state index is -1.18. The van der Waals surface area contributed by atoms with Gasteiger partial charge in [0.1, 0.15) is 5.60 Å². The predicted octanol–water partition coefficient (Wildman–Crippen LogP) is 1.07. The SMILES string of the molecule is COC(C)(C)C(=O)Nc1cnn(C(C)(C)C(=O)O)c1. The summed E-state index contributed by atoms with van der Waals surface area (Å²) < 4.78 is 6.33. The first-order valence-electron chi connectivity index (χ1n) is 5.76. The van der Waals surface area contributed by atoms with Crippen LogP contribution in [0.3, 0.4) is 0 Å². The summed E-state index contributed by atoms with van der Waals surface area (Å²) in [5, 5.41) is 15.7. The number of methoxy groups -OCH3 is 1. The van der Waals surface area contributed by atoms with Gasteiger partial charge in [-0.15, -0.1) is 0 Å². The van der Waals surface area contributed by atoms with Gasteiger partial charge >= 0.3 is 5.97 Å².